The van der Waals surface area contributed by atoms with E-state index in [0.29, 0.717) is 18.8 Å². The molecule has 0 spiro atoms. The second-order valence-electron chi connectivity index (χ2n) is 7.10. The standard InChI is InChI=1S/C21H24N4O/c1-15-6-7-18-16(13-15)17-14-24(2)11-8-19(17)25(18)12-9-21(26)23-20-5-3-4-10-22-20/h3-7,10,13H,8-9,11-12,14H2,1-2H3,(H,22,23,26). The summed E-state index contributed by atoms with van der Waals surface area (Å²) >= 11 is 0. The normalized spacial score (nSPS) is 14.4. The number of aryl methyl sites for hydroxylation is 2. The lowest BCUT2D eigenvalue weighted by atomic mass is 10.0. The molecule has 0 aliphatic carbocycles. The number of likely N-dealkylation sites (N-methyl/N-ethyl adjacent to an activating group) is 1. The average Bonchev–Trinajstić information content (AvgIpc) is 2.93. The van der Waals surface area contributed by atoms with E-state index in [4.69, 9.17) is 0 Å². The van der Waals surface area contributed by atoms with Crippen LogP contribution < -0.4 is 5.32 Å². The van der Waals surface area contributed by atoms with Crippen LogP contribution in [0.1, 0.15) is 23.2 Å². The van der Waals surface area contributed by atoms with Crippen molar-refractivity contribution in [2.75, 3.05) is 18.9 Å². The van der Waals surface area contributed by atoms with Gasteiger partial charge in [0, 0.05) is 55.3 Å². The monoisotopic (exact) mass is 348 g/mol. The molecule has 1 amide bonds. The third-order valence-corrected chi connectivity index (χ3v) is 5.10. The Kier molecular flexibility index (Phi) is 4.47. The molecule has 5 nitrogen and oxygen atoms in total. The van der Waals surface area contributed by atoms with Gasteiger partial charge in [-0.15, -0.1) is 0 Å². The Morgan fingerprint density at radius 2 is 2.15 bits per heavy atom. The van der Waals surface area contributed by atoms with E-state index in [1.807, 2.05) is 18.2 Å². The average molecular weight is 348 g/mol. The summed E-state index contributed by atoms with van der Waals surface area (Å²) in [5, 5.41) is 4.21. The Morgan fingerprint density at radius 3 is 2.96 bits per heavy atom. The Morgan fingerprint density at radius 1 is 1.27 bits per heavy atom. The van der Waals surface area contributed by atoms with E-state index in [9.17, 15) is 4.79 Å². The second-order valence-corrected chi connectivity index (χ2v) is 7.10. The number of rotatable bonds is 4. The van der Waals surface area contributed by atoms with Crippen LogP contribution in [0, 0.1) is 6.92 Å². The molecule has 0 saturated carbocycles. The Hall–Kier alpha value is -2.66. The largest absolute Gasteiger partial charge is 0.344 e. The highest BCUT2D eigenvalue weighted by atomic mass is 16.1. The molecular weight excluding hydrogens is 324 g/mol. The fourth-order valence-electron chi connectivity index (χ4n) is 3.81. The molecule has 5 heteroatoms. The van der Waals surface area contributed by atoms with Crippen molar-refractivity contribution in [1.29, 1.82) is 0 Å². The lowest BCUT2D eigenvalue weighted by Crippen LogP contribution is -2.27. The van der Waals surface area contributed by atoms with Gasteiger partial charge in [-0.05, 0) is 43.8 Å². The van der Waals surface area contributed by atoms with Gasteiger partial charge in [-0.1, -0.05) is 17.7 Å². The van der Waals surface area contributed by atoms with Crippen molar-refractivity contribution in [3.8, 4) is 0 Å². The maximum atomic E-state index is 12.3. The van der Waals surface area contributed by atoms with E-state index in [1.165, 1.54) is 27.7 Å². The summed E-state index contributed by atoms with van der Waals surface area (Å²) in [6, 6.07) is 12.1. The molecule has 2 aromatic heterocycles. The SMILES string of the molecule is Cc1ccc2c(c1)c1c(n2CCC(=O)Nc2ccccn2)CCN(C)C1. The number of aromatic nitrogens is 2. The first-order chi connectivity index (χ1) is 12.6. The van der Waals surface area contributed by atoms with Crippen LogP contribution in [0.2, 0.25) is 0 Å². The molecule has 1 aromatic carbocycles. The summed E-state index contributed by atoms with van der Waals surface area (Å²) in [6.07, 6.45) is 3.15. The highest BCUT2D eigenvalue weighted by molar-refractivity contribution is 5.90. The van der Waals surface area contributed by atoms with E-state index >= 15 is 0 Å². The zero-order chi connectivity index (χ0) is 18.1. The van der Waals surface area contributed by atoms with E-state index in [2.05, 4.69) is 51.9 Å². The molecule has 1 aliphatic heterocycles. The van der Waals surface area contributed by atoms with Crippen molar-refractivity contribution < 1.29 is 4.79 Å². The van der Waals surface area contributed by atoms with Crippen molar-refractivity contribution >= 4 is 22.6 Å². The van der Waals surface area contributed by atoms with Crippen LogP contribution in [0.4, 0.5) is 5.82 Å². The van der Waals surface area contributed by atoms with Gasteiger partial charge in [-0.25, -0.2) is 4.98 Å². The fraction of sp³-hybridized carbons (Fsp3) is 0.333. The predicted molar refractivity (Wildman–Crippen MR) is 104 cm³/mol. The van der Waals surface area contributed by atoms with Crippen LogP contribution in [0.15, 0.2) is 42.6 Å². The molecule has 0 fully saturated rings. The van der Waals surface area contributed by atoms with Gasteiger partial charge in [0.1, 0.15) is 5.82 Å². The van der Waals surface area contributed by atoms with Crippen LogP contribution in [0.5, 0.6) is 0 Å². The second kappa shape index (κ2) is 6.92. The van der Waals surface area contributed by atoms with E-state index in [1.54, 1.807) is 6.20 Å². The summed E-state index contributed by atoms with van der Waals surface area (Å²) in [4.78, 5) is 18.9. The van der Waals surface area contributed by atoms with Crippen LogP contribution >= 0.6 is 0 Å². The summed E-state index contributed by atoms with van der Waals surface area (Å²) in [7, 11) is 2.17. The molecule has 1 aliphatic rings. The first-order valence-corrected chi connectivity index (χ1v) is 9.12. The van der Waals surface area contributed by atoms with E-state index in [0.717, 1.165) is 19.5 Å². The molecule has 0 saturated heterocycles. The van der Waals surface area contributed by atoms with Crippen molar-refractivity contribution in [3.05, 3.63) is 59.4 Å². The summed E-state index contributed by atoms with van der Waals surface area (Å²) < 4.78 is 2.34. The minimum absolute atomic E-state index is 0.000612. The number of carbonyl (C=O) groups is 1. The first kappa shape index (κ1) is 16.8. The van der Waals surface area contributed by atoms with Gasteiger partial charge in [0.15, 0.2) is 0 Å². The lowest BCUT2D eigenvalue weighted by Gasteiger charge is -2.24. The highest BCUT2D eigenvalue weighted by Crippen LogP contribution is 2.31. The zero-order valence-electron chi connectivity index (χ0n) is 15.3. The Balaban J connectivity index is 1.59. The van der Waals surface area contributed by atoms with Gasteiger partial charge in [-0.2, -0.15) is 0 Å². The van der Waals surface area contributed by atoms with Crippen LogP contribution in [-0.2, 0) is 24.3 Å². The Labute approximate surface area is 153 Å². The van der Waals surface area contributed by atoms with Crippen LogP contribution in [0.3, 0.4) is 0 Å². The molecule has 4 rings (SSSR count). The molecule has 3 aromatic rings. The number of hydrogen-bond acceptors (Lipinski definition) is 3. The van der Waals surface area contributed by atoms with Crippen LogP contribution in [0.25, 0.3) is 10.9 Å². The number of nitrogens with one attached hydrogen (secondary N) is 1. The molecule has 0 unspecified atom stereocenters. The maximum absolute atomic E-state index is 12.3. The number of anilines is 1. The number of benzene rings is 1. The van der Waals surface area contributed by atoms with E-state index in [-0.39, 0.29) is 5.91 Å². The first-order valence-electron chi connectivity index (χ1n) is 9.12. The summed E-state index contributed by atoms with van der Waals surface area (Å²) in [5.41, 5.74) is 5.32. The number of amides is 1. The fourth-order valence-corrected chi connectivity index (χ4v) is 3.81. The van der Waals surface area contributed by atoms with Gasteiger partial charge in [0.05, 0.1) is 0 Å². The predicted octanol–water partition coefficient (Wildman–Crippen LogP) is 3.36. The maximum Gasteiger partial charge on any atom is 0.227 e. The minimum Gasteiger partial charge on any atom is -0.344 e. The summed E-state index contributed by atoms with van der Waals surface area (Å²) in [6.45, 7) is 4.86. The van der Waals surface area contributed by atoms with Gasteiger partial charge in [-0.3, -0.25) is 4.79 Å². The number of carbonyl (C=O) groups excluding carboxylic acids is 1. The molecule has 1 N–H and O–H groups in total. The van der Waals surface area contributed by atoms with Gasteiger partial charge in [0.2, 0.25) is 5.91 Å². The van der Waals surface area contributed by atoms with Gasteiger partial charge < -0.3 is 14.8 Å². The van der Waals surface area contributed by atoms with Crippen molar-refractivity contribution in [2.24, 2.45) is 0 Å². The molecule has 0 radical (unpaired) electrons. The highest BCUT2D eigenvalue weighted by Gasteiger charge is 2.22. The van der Waals surface area contributed by atoms with Crippen molar-refractivity contribution in [3.63, 3.8) is 0 Å². The zero-order valence-corrected chi connectivity index (χ0v) is 15.3. The van der Waals surface area contributed by atoms with Gasteiger partial charge >= 0.3 is 0 Å². The minimum atomic E-state index is -0.000612. The van der Waals surface area contributed by atoms with Crippen molar-refractivity contribution in [2.45, 2.75) is 32.9 Å². The molecule has 3 heterocycles. The quantitative estimate of drug-likeness (QED) is 0.786. The number of fused-ring (bicyclic) bond motifs is 3. The van der Waals surface area contributed by atoms with E-state index < -0.39 is 0 Å². The van der Waals surface area contributed by atoms with Gasteiger partial charge in [0.25, 0.3) is 0 Å². The molecule has 26 heavy (non-hydrogen) atoms. The third-order valence-electron chi connectivity index (χ3n) is 5.10. The summed E-state index contributed by atoms with van der Waals surface area (Å²) in [5.74, 6) is 0.605. The number of hydrogen-bond donors (Lipinski definition) is 1. The molecule has 0 atom stereocenters. The van der Waals surface area contributed by atoms with Crippen LogP contribution in [-0.4, -0.2) is 34.0 Å². The van der Waals surface area contributed by atoms with Crippen molar-refractivity contribution in [1.82, 2.24) is 14.5 Å². The Bertz CT molecular complexity index is 946. The number of pyridine rings is 1. The molecule has 134 valence electrons. The smallest absolute Gasteiger partial charge is 0.227 e. The molecular formula is C21H24N4O. The number of nitrogens with zero attached hydrogens (tertiary/aromatic N) is 3. The lowest BCUT2D eigenvalue weighted by molar-refractivity contribution is -0.116. The third kappa shape index (κ3) is 3.22. The molecule has 0 bridgehead atoms. The topological polar surface area (TPSA) is 50.2 Å².